The predicted octanol–water partition coefficient (Wildman–Crippen LogP) is 1.59. The summed E-state index contributed by atoms with van der Waals surface area (Å²) in [6.07, 6.45) is 3.43. The Hall–Kier alpha value is -3.29. The lowest BCUT2D eigenvalue weighted by atomic mass is 10.3. The van der Waals surface area contributed by atoms with E-state index in [9.17, 15) is 4.79 Å². The molecule has 3 aromatic rings. The minimum absolute atomic E-state index is 0.0481. The smallest absolute Gasteiger partial charge is 0.257 e. The van der Waals surface area contributed by atoms with Gasteiger partial charge in [0.25, 0.3) is 5.91 Å². The molecule has 0 bridgehead atoms. The number of pyridine rings is 1. The lowest BCUT2D eigenvalue weighted by molar-refractivity contribution is -0.123. The van der Waals surface area contributed by atoms with Crippen molar-refractivity contribution in [1.29, 1.82) is 0 Å². The van der Waals surface area contributed by atoms with E-state index in [1.165, 1.54) is 0 Å². The molecule has 4 rings (SSSR count). The van der Waals surface area contributed by atoms with Gasteiger partial charge in [-0.15, -0.1) is 10.2 Å². The van der Waals surface area contributed by atoms with Gasteiger partial charge in [-0.3, -0.25) is 9.20 Å². The molecule has 1 aliphatic rings. The normalized spacial score (nSPS) is 12.3. The van der Waals surface area contributed by atoms with Gasteiger partial charge in [0.05, 0.1) is 0 Å². The molecule has 0 radical (unpaired) electrons. The number of amides is 1. The summed E-state index contributed by atoms with van der Waals surface area (Å²) in [6.45, 7) is 0.708. The second-order valence-corrected chi connectivity index (χ2v) is 5.80. The van der Waals surface area contributed by atoms with Gasteiger partial charge in [-0.2, -0.15) is 0 Å². The molecule has 8 heteroatoms. The molecule has 0 saturated heterocycles. The van der Waals surface area contributed by atoms with Crippen LogP contribution >= 0.6 is 0 Å². The number of hydrogen-bond acceptors (Lipinski definition) is 6. The van der Waals surface area contributed by atoms with Crippen LogP contribution in [-0.4, -0.2) is 40.4 Å². The Morgan fingerprint density at radius 1 is 1.19 bits per heavy atom. The summed E-state index contributed by atoms with van der Waals surface area (Å²) >= 11 is 0. The van der Waals surface area contributed by atoms with Crippen molar-refractivity contribution in [2.24, 2.45) is 0 Å². The molecular weight excluding hydrogens is 336 g/mol. The van der Waals surface area contributed by atoms with Crippen LogP contribution in [-0.2, 0) is 11.2 Å². The fourth-order valence-electron chi connectivity index (χ4n) is 2.70. The lowest BCUT2D eigenvalue weighted by Gasteiger charge is -2.08. The van der Waals surface area contributed by atoms with Crippen molar-refractivity contribution >= 4 is 11.6 Å². The number of benzene rings is 1. The SMILES string of the molecule is O=C(COc1ccc2c(c1)OCO2)NCCCc1nnc2ccccn12. The lowest BCUT2D eigenvalue weighted by Crippen LogP contribution is -2.30. The molecule has 1 N–H and O–H groups in total. The van der Waals surface area contributed by atoms with E-state index in [4.69, 9.17) is 14.2 Å². The Kier molecular flexibility index (Phi) is 4.55. The maximum atomic E-state index is 11.9. The summed E-state index contributed by atoms with van der Waals surface area (Å²) in [5.41, 5.74) is 0.823. The summed E-state index contributed by atoms with van der Waals surface area (Å²) in [5.74, 6) is 2.59. The van der Waals surface area contributed by atoms with Gasteiger partial charge in [0, 0.05) is 25.2 Å². The average molecular weight is 354 g/mol. The van der Waals surface area contributed by atoms with Crippen molar-refractivity contribution in [2.75, 3.05) is 19.9 Å². The molecule has 0 aliphatic carbocycles. The number of ether oxygens (including phenoxy) is 3. The number of nitrogens with one attached hydrogen (secondary N) is 1. The molecule has 1 aliphatic heterocycles. The van der Waals surface area contributed by atoms with Gasteiger partial charge in [0.2, 0.25) is 6.79 Å². The van der Waals surface area contributed by atoms with Crippen LogP contribution in [0.3, 0.4) is 0 Å². The van der Waals surface area contributed by atoms with Crippen molar-refractivity contribution in [2.45, 2.75) is 12.8 Å². The van der Waals surface area contributed by atoms with E-state index in [0.717, 1.165) is 24.3 Å². The Bertz CT molecular complexity index is 924. The largest absolute Gasteiger partial charge is 0.484 e. The van der Waals surface area contributed by atoms with Crippen LogP contribution in [0.1, 0.15) is 12.2 Å². The van der Waals surface area contributed by atoms with E-state index >= 15 is 0 Å². The van der Waals surface area contributed by atoms with Gasteiger partial charge in [-0.25, -0.2) is 0 Å². The zero-order valence-corrected chi connectivity index (χ0v) is 14.1. The van der Waals surface area contributed by atoms with Gasteiger partial charge >= 0.3 is 0 Å². The van der Waals surface area contributed by atoms with E-state index in [2.05, 4.69) is 15.5 Å². The van der Waals surface area contributed by atoms with Crippen LogP contribution in [0.4, 0.5) is 0 Å². The topological polar surface area (TPSA) is 87.0 Å². The second kappa shape index (κ2) is 7.30. The van der Waals surface area contributed by atoms with Gasteiger partial charge in [0.15, 0.2) is 23.8 Å². The number of fused-ring (bicyclic) bond motifs is 2. The standard InChI is InChI=1S/C18H18N4O4/c23-18(11-24-13-6-7-14-15(10-13)26-12-25-14)19-8-3-5-17-21-20-16-4-1-2-9-22(16)17/h1-2,4,6-7,9-10H,3,5,8,11-12H2,(H,19,23). The van der Waals surface area contributed by atoms with Crippen LogP contribution in [0, 0.1) is 0 Å². The zero-order chi connectivity index (χ0) is 17.8. The van der Waals surface area contributed by atoms with Gasteiger partial charge in [-0.05, 0) is 30.7 Å². The fraction of sp³-hybridized carbons (Fsp3) is 0.278. The highest BCUT2D eigenvalue weighted by molar-refractivity contribution is 5.77. The molecule has 134 valence electrons. The van der Waals surface area contributed by atoms with E-state index in [1.54, 1.807) is 18.2 Å². The quantitative estimate of drug-likeness (QED) is 0.649. The monoisotopic (exact) mass is 354 g/mol. The molecule has 2 aromatic heterocycles. The predicted molar refractivity (Wildman–Crippen MR) is 92.4 cm³/mol. The van der Waals surface area contributed by atoms with Crippen LogP contribution < -0.4 is 19.5 Å². The highest BCUT2D eigenvalue weighted by Crippen LogP contribution is 2.34. The molecule has 1 amide bonds. The second-order valence-electron chi connectivity index (χ2n) is 5.80. The Morgan fingerprint density at radius 3 is 3.08 bits per heavy atom. The number of aryl methyl sites for hydroxylation is 1. The van der Waals surface area contributed by atoms with Gasteiger partial charge < -0.3 is 19.5 Å². The minimum atomic E-state index is -0.172. The van der Waals surface area contributed by atoms with Crippen LogP contribution in [0.5, 0.6) is 17.2 Å². The van der Waals surface area contributed by atoms with Crippen molar-refractivity contribution in [1.82, 2.24) is 19.9 Å². The summed E-state index contributed by atoms with van der Waals surface area (Å²) in [6, 6.07) is 11.0. The molecule has 0 saturated carbocycles. The maximum Gasteiger partial charge on any atom is 0.257 e. The van der Waals surface area contributed by atoms with Crippen molar-refractivity contribution in [3.8, 4) is 17.2 Å². The number of aromatic nitrogens is 3. The van der Waals surface area contributed by atoms with Crippen LogP contribution in [0.15, 0.2) is 42.6 Å². The van der Waals surface area contributed by atoms with E-state index in [0.29, 0.717) is 23.8 Å². The first-order valence-corrected chi connectivity index (χ1v) is 8.37. The third kappa shape index (κ3) is 3.53. The van der Waals surface area contributed by atoms with Gasteiger partial charge in [-0.1, -0.05) is 6.07 Å². The molecular formula is C18H18N4O4. The minimum Gasteiger partial charge on any atom is -0.484 e. The van der Waals surface area contributed by atoms with Crippen molar-refractivity contribution < 1.29 is 19.0 Å². The highest BCUT2D eigenvalue weighted by Gasteiger charge is 2.14. The average Bonchev–Trinajstić information content (AvgIpc) is 3.30. The van der Waals surface area contributed by atoms with Crippen molar-refractivity contribution in [3.63, 3.8) is 0 Å². The van der Waals surface area contributed by atoms with Crippen LogP contribution in [0.25, 0.3) is 5.65 Å². The third-order valence-corrected chi connectivity index (χ3v) is 4.00. The van der Waals surface area contributed by atoms with E-state index < -0.39 is 0 Å². The first kappa shape index (κ1) is 16.2. The molecule has 0 spiro atoms. The number of hydrogen-bond donors (Lipinski definition) is 1. The summed E-state index contributed by atoms with van der Waals surface area (Å²) in [5, 5.41) is 11.1. The maximum absolute atomic E-state index is 11.9. The summed E-state index contributed by atoms with van der Waals surface area (Å²) in [7, 11) is 0. The summed E-state index contributed by atoms with van der Waals surface area (Å²) in [4.78, 5) is 11.9. The molecule has 0 fully saturated rings. The molecule has 0 atom stereocenters. The number of nitrogens with zero attached hydrogens (tertiary/aromatic N) is 3. The molecule has 0 unspecified atom stereocenters. The molecule has 1 aromatic carbocycles. The highest BCUT2D eigenvalue weighted by atomic mass is 16.7. The Balaban J connectivity index is 1.20. The first-order valence-electron chi connectivity index (χ1n) is 8.37. The zero-order valence-electron chi connectivity index (χ0n) is 14.1. The fourth-order valence-corrected chi connectivity index (χ4v) is 2.70. The van der Waals surface area contributed by atoms with Gasteiger partial charge in [0.1, 0.15) is 11.6 Å². The first-order chi connectivity index (χ1) is 12.8. The third-order valence-electron chi connectivity index (χ3n) is 4.00. The molecule has 26 heavy (non-hydrogen) atoms. The summed E-state index contributed by atoms with van der Waals surface area (Å²) < 4.78 is 17.9. The number of carbonyl (C=O) groups is 1. The van der Waals surface area contributed by atoms with E-state index in [-0.39, 0.29) is 19.3 Å². The number of carbonyl (C=O) groups excluding carboxylic acids is 1. The van der Waals surface area contributed by atoms with Crippen LogP contribution in [0.2, 0.25) is 0 Å². The van der Waals surface area contributed by atoms with Crippen molar-refractivity contribution in [3.05, 3.63) is 48.4 Å². The molecule has 3 heterocycles. The van der Waals surface area contributed by atoms with E-state index in [1.807, 2.05) is 28.8 Å². The molecule has 8 nitrogen and oxygen atoms in total. The Labute approximate surface area is 149 Å². The number of rotatable bonds is 7. The Morgan fingerprint density at radius 2 is 2.12 bits per heavy atom.